The van der Waals surface area contributed by atoms with Crippen LogP contribution in [0.5, 0.6) is 0 Å². The summed E-state index contributed by atoms with van der Waals surface area (Å²) in [5.74, 6) is 0. The first-order valence-corrected chi connectivity index (χ1v) is 7.29. The molecule has 0 aromatic heterocycles. The number of benzene rings is 1. The Balaban J connectivity index is 2.70. The maximum Gasteiger partial charge on any atom is 0.423 e. The van der Waals surface area contributed by atoms with E-state index in [0.29, 0.717) is 0 Å². The van der Waals surface area contributed by atoms with Crippen LogP contribution >= 0.6 is 0 Å². The van der Waals surface area contributed by atoms with Gasteiger partial charge in [0.15, 0.2) is 0 Å². The molecule has 0 aliphatic rings. The van der Waals surface area contributed by atoms with Crippen LogP contribution in [0.1, 0.15) is 32.3 Å². The Morgan fingerprint density at radius 1 is 1.00 bits per heavy atom. The topological polar surface area (TPSA) is 18.5 Å². The Hall–Kier alpha value is -0.643. The molecule has 0 unspecified atom stereocenters. The molecule has 3 heteroatoms. The van der Waals surface area contributed by atoms with E-state index in [0.717, 1.165) is 26.1 Å². The van der Waals surface area contributed by atoms with Crippen LogP contribution < -0.4 is 5.19 Å². The number of hydrogen-bond acceptors (Lipinski definition) is 2. The Morgan fingerprint density at radius 3 is 2.06 bits per heavy atom. The maximum atomic E-state index is 5.84. The zero-order valence-electron chi connectivity index (χ0n) is 10.5. The number of aryl methyl sites for hydroxylation is 1. The molecule has 1 radical (unpaired) electrons. The fourth-order valence-electron chi connectivity index (χ4n) is 1.39. The highest BCUT2D eigenvalue weighted by Gasteiger charge is 2.20. The second kappa shape index (κ2) is 7.60. The standard InChI is InChI=1S/C13H21O2Si/c1-4-10-14-16(15-11-5-2)13-9-7-6-8-12(13)3/h6-9H,4-5,10-11H2,1-3H3. The Morgan fingerprint density at radius 2 is 1.56 bits per heavy atom. The predicted molar refractivity (Wildman–Crippen MR) is 69.1 cm³/mol. The van der Waals surface area contributed by atoms with Crippen molar-refractivity contribution in [2.75, 3.05) is 13.2 Å². The first kappa shape index (κ1) is 13.4. The van der Waals surface area contributed by atoms with E-state index in [1.807, 2.05) is 0 Å². The average Bonchev–Trinajstić information content (AvgIpc) is 2.31. The fourth-order valence-corrected chi connectivity index (χ4v) is 3.20. The van der Waals surface area contributed by atoms with Crippen LogP contribution in [-0.4, -0.2) is 22.5 Å². The molecule has 1 aromatic rings. The Bertz CT molecular complexity index is 294. The van der Waals surface area contributed by atoms with E-state index in [1.54, 1.807) is 0 Å². The van der Waals surface area contributed by atoms with Gasteiger partial charge in [-0.3, -0.25) is 0 Å². The SMILES string of the molecule is CCCO[Si](OCCC)c1ccccc1C. The summed E-state index contributed by atoms with van der Waals surface area (Å²) in [7, 11) is -1.28. The summed E-state index contributed by atoms with van der Waals surface area (Å²) in [5.41, 5.74) is 1.27. The molecular weight excluding hydrogens is 216 g/mol. The lowest BCUT2D eigenvalue weighted by molar-refractivity contribution is 0.207. The normalized spacial score (nSPS) is 11.0. The summed E-state index contributed by atoms with van der Waals surface area (Å²) >= 11 is 0. The Kier molecular flexibility index (Phi) is 6.38. The van der Waals surface area contributed by atoms with Gasteiger partial charge in [-0.1, -0.05) is 38.1 Å². The molecule has 0 bridgehead atoms. The lowest BCUT2D eigenvalue weighted by Crippen LogP contribution is -2.39. The van der Waals surface area contributed by atoms with Crippen molar-refractivity contribution in [1.29, 1.82) is 0 Å². The van der Waals surface area contributed by atoms with E-state index >= 15 is 0 Å². The minimum absolute atomic E-state index is 0.784. The van der Waals surface area contributed by atoms with Crippen molar-refractivity contribution in [2.24, 2.45) is 0 Å². The average molecular weight is 237 g/mol. The minimum Gasteiger partial charge on any atom is -0.390 e. The van der Waals surface area contributed by atoms with Gasteiger partial charge in [0.25, 0.3) is 0 Å². The predicted octanol–water partition coefficient (Wildman–Crippen LogP) is 2.54. The molecule has 0 aliphatic carbocycles. The Labute approximate surface area is 100 Å². The maximum absolute atomic E-state index is 5.84. The van der Waals surface area contributed by atoms with Crippen molar-refractivity contribution in [3.05, 3.63) is 29.8 Å². The highest BCUT2D eigenvalue weighted by atomic mass is 28.3. The van der Waals surface area contributed by atoms with Crippen molar-refractivity contribution in [2.45, 2.75) is 33.6 Å². The van der Waals surface area contributed by atoms with Crippen molar-refractivity contribution in [3.8, 4) is 0 Å². The van der Waals surface area contributed by atoms with Gasteiger partial charge in [0, 0.05) is 13.2 Å². The van der Waals surface area contributed by atoms with Crippen molar-refractivity contribution in [1.82, 2.24) is 0 Å². The molecule has 0 amide bonds. The van der Waals surface area contributed by atoms with Gasteiger partial charge >= 0.3 is 9.28 Å². The van der Waals surface area contributed by atoms with E-state index in [1.165, 1.54) is 10.8 Å². The first-order chi connectivity index (χ1) is 7.79. The summed E-state index contributed by atoms with van der Waals surface area (Å²) in [6, 6.07) is 8.34. The van der Waals surface area contributed by atoms with Gasteiger partial charge in [0.05, 0.1) is 0 Å². The molecule has 0 saturated carbocycles. The van der Waals surface area contributed by atoms with Crippen LogP contribution in [0.2, 0.25) is 0 Å². The molecule has 0 saturated heterocycles. The van der Waals surface area contributed by atoms with Crippen molar-refractivity contribution >= 4 is 14.5 Å². The van der Waals surface area contributed by atoms with Crippen molar-refractivity contribution < 1.29 is 8.85 Å². The van der Waals surface area contributed by atoms with Gasteiger partial charge in [-0.25, -0.2) is 0 Å². The van der Waals surface area contributed by atoms with Crippen LogP contribution in [0.25, 0.3) is 0 Å². The fraction of sp³-hybridized carbons (Fsp3) is 0.538. The quantitative estimate of drug-likeness (QED) is 0.679. The summed E-state index contributed by atoms with van der Waals surface area (Å²) < 4.78 is 11.7. The second-order valence-corrected chi connectivity index (χ2v) is 5.49. The molecule has 0 atom stereocenters. The van der Waals surface area contributed by atoms with E-state index in [-0.39, 0.29) is 0 Å². The lowest BCUT2D eigenvalue weighted by Gasteiger charge is -2.16. The van der Waals surface area contributed by atoms with Gasteiger partial charge in [0.1, 0.15) is 0 Å². The molecule has 0 aliphatic heterocycles. The molecule has 2 nitrogen and oxygen atoms in total. The molecule has 0 N–H and O–H groups in total. The van der Waals surface area contributed by atoms with Gasteiger partial charge < -0.3 is 8.85 Å². The number of rotatable bonds is 7. The monoisotopic (exact) mass is 237 g/mol. The third-order valence-electron chi connectivity index (χ3n) is 2.24. The van der Waals surface area contributed by atoms with E-state index in [4.69, 9.17) is 8.85 Å². The molecule has 1 rings (SSSR count). The molecule has 0 fully saturated rings. The molecule has 89 valence electrons. The van der Waals surface area contributed by atoms with Crippen LogP contribution in [0.4, 0.5) is 0 Å². The smallest absolute Gasteiger partial charge is 0.390 e. The van der Waals surface area contributed by atoms with Crippen LogP contribution in [0, 0.1) is 6.92 Å². The molecule has 0 spiro atoms. The van der Waals surface area contributed by atoms with Gasteiger partial charge in [0.2, 0.25) is 0 Å². The molecular formula is C13H21O2Si. The summed E-state index contributed by atoms with van der Waals surface area (Å²) in [5, 5.41) is 1.24. The van der Waals surface area contributed by atoms with Crippen LogP contribution in [0.15, 0.2) is 24.3 Å². The first-order valence-electron chi connectivity index (χ1n) is 5.98. The largest absolute Gasteiger partial charge is 0.423 e. The van der Waals surface area contributed by atoms with E-state index in [9.17, 15) is 0 Å². The number of hydrogen-bond donors (Lipinski definition) is 0. The highest BCUT2D eigenvalue weighted by molar-refractivity contribution is 6.61. The summed E-state index contributed by atoms with van der Waals surface area (Å²) in [6.07, 6.45) is 2.07. The van der Waals surface area contributed by atoms with Crippen molar-refractivity contribution in [3.63, 3.8) is 0 Å². The molecule has 16 heavy (non-hydrogen) atoms. The van der Waals surface area contributed by atoms with E-state index in [2.05, 4.69) is 45.0 Å². The van der Waals surface area contributed by atoms with Gasteiger partial charge in [-0.15, -0.1) is 0 Å². The van der Waals surface area contributed by atoms with Gasteiger partial charge in [-0.2, -0.15) is 0 Å². The zero-order valence-corrected chi connectivity index (χ0v) is 11.5. The summed E-state index contributed by atoms with van der Waals surface area (Å²) in [6.45, 7) is 7.93. The van der Waals surface area contributed by atoms with Gasteiger partial charge in [-0.05, 0) is 30.5 Å². The second-order valence-electron chi connectivity index (χ2n) is 3.80. The minimum atomic E-state index is -1.28. The van der Waals surface area contributed by atoms with Crippen LogP contribution in [-0.2, 0) is 8.85 Å². The zero-order chi connectivity index (χ0) is 11.8. The molecule has 0 heterocycles. The highest BCUT2D eigenvalue weighted by Crippen LogP contribution is 2.00. The summed E-state index contributed by atoms with van der Waals surface area (Å²) in [4.78, 5) is 0. The lowest BCUT2D eigenvalue weighted by atomic mass is 10.2. The van der Waals surface area contributed by atoms with Crippen LogP contribution in [0.3, 0.4) is 0 Å². The third kappa shape index (κ3) is 4.08. The van der Waals surface area contributed by atoms with E-state index < -0.39 is 9.28 Å². The molecule has 1 aromatic carbocycles. The third-order valence-corrected chi connectivity index (χ3v) is 4.17.